The smallest absolute Gasteiger partial charge is 0.239 e. The molecule has 86 valence electrons. The Bertz CT molecular complexity index is 241. The van der Waals surface area contributed by atoms with Crippen LogP contribution in [0.1, 0.15) is 26.2 Å². The third-order valence-corrected chi connectivity index (χ3v) is 2.89. The second kappa shape index (κ2) is 4.77. The molecular weight excluding hydrogens is 192 g/mol. The zero-order valence-corrected chi connectivity index (χ0v) is 9.28. The Morgan fingerprint density at radius 1 is 1.67 bits per heavy atom. The Hall–Kier alpha value is -0.870. The van der Waals surface area contributed by atoms with Crippen molar-refractivity contribution in [1.29, 1.82) is 0 Å². The van der Waals surface area contributed by atoms with Crippen LogP contribution in [0.3, 0.4) is 0 Å². The van der Waals surface area contributed by atoms with E-state index in [0.717, 1.165) is 0 Å². The number of hydrogen-bond donors (Lipinski definition) is 2. The van der Waals surface area contributed by atoms with Gasteiger partial charge in [-0.05, 0) is 26.2 Å². The van der Waals surface area contributed by atoms with Gasteiger partial charge in [0.2, 0.25) is 5.91 Å². The maximum absolute atomic E-state index is 11.8. The molecule has 0 saturated carbocycles. The van der Waals surface area contributed by atoms with Gasteiger partial charge in [-0.2, -0.15) is 0 Å². The summed E-state index contributed by atoms with van der Waals surface area (Å²) in [4.78, 5) is 13.5. The number of hydrogen-bond acceptors (Lipinski definition) is 3. The molecule has 4 heteroatoms. The molecule has 3 N–H and O–H groups in total. The van der Waals surface area contributed by atoms with E-state index in [-0.39, 0.29) is 5.91 Å². The fourth-order valence-corrected chi connectivity index (χ4v) is 1.72. The number of carbonyl (C=O) groups excluding carboxylic acids is 1. The van der Waals surface area contributed by atoms with Crippen molar-refractivity contribution < 1.29 is 9.90 Å². The number of amides is 1. The largest absolute Gasteiger partial charge is 0.390 e. The van der Waals surface area contributed by atoms with E-state index in [9.17, 15) is 9.90 Å². The fourth-order valence-electron chi connectivity index (χ4n) is 1.72. The summed E-state index contributed by atoms with van der Waals surface area (Å²) in [6.07, 6.45) is 3.41. The van der Waals surface area contributed by atoms with Gasteiger partial charge >= 0.3 is 0 Å². The summed E-state index contributed by atoms with van der Waals surface area (Å²) in [6.45, 7) is 6.55. The normalized spacial score (nSPS) is 22.2. The van der Waals surface area contributed by atoms with E-state index in [1.807, 2.05) is 0 Å². The first-order valence-corrected chi connectivity index (χ1v) is 5.34. The first kappa shape index (κ1) is 12.2. The monoisotopic (exact) mass is 212 g/mol. The quantitative estimate of drug-likeness (QED) is 0.660. The summed E-state index contributed by atoms with van der Waals surface area (Å²) in [5.74, 6) is -0.0367. The van der Waals surface area contributed by atoms with Crippen LogP contribution in [0.5, 0.6) is 0 Å². The molecule has 4 nitrogen and oxygen atoms in total. The van der Waals surface area contributed by atoms with E-state index >= 15 is 0 Å². The molecule has 1 aliphatic heterocycles. The van der Waals surface area contributed by atoms with E-state index in [0.29, 0.717) is 32.4 Å². The predicted molar refractivity (Wildman–Crippen MR) is 59.2 cm³/mol. The van der Waals surface area contributed by atoms with Crippen molar-refractivity contribution in [3.05, 3.63) is 12.7 Å². The van der Waals surface area contributed by atoms with E-state index in [1.165, 1.54) is 0 Å². The summed E-state index contributed by atoms with van der Waals surface area (Å²) in [5, 5.41) is 9.73. The molecule has 1 amide bonds. The average molecular weight is 212 g/mol. The molecule has 0 aliphatic carbocycles. The highest BCUT2D eigenvalue weighted by molar-refractivity contribution is 5.81. The van der Waals surface area contributed by atoms with Gasteiger partial charge in [-0.25, -0.2) is 0 Å². The summed E-state index contributed by atoms with van der Waals surface area (Å²) < 4.78 is 0. The lowest BCUT2D eigenvalue weighted by Gasteiger charge is -2.36. The summed E-state index contributed by atoms with van der Waals surface area (Å²) in [6, 6.07) is -0.481. The first-order valence-electron chi connectivity index (χ1n) is 5.34. The van der Waals surface area contributed by atoms with Crippen LogP contribution in [0, 0.1) is 0 Å². The molecule has 0 aromatic carbocycles. The number of nitrogens with two attached hydrogens (primary N) is 1. The third-order valence-electron chi connectivity index (χ3n) is 2.89. The average Bonchev–Trinajstić information content (AvgIpc) is 2.17. The highest BCUT2D eigenvalue weighted by atomic mass is 16.3. The van der Waals surface area contributed by atoms with E-state index in [4.69, 9.17) is 5.73 Å². The number of rotatable bonds is 3. The Balaban J connectivity index is 2.46. The standard InChI is InChI=1S/C11H20N2O2/c1-3-4-9(12)10(14)13-7-5-11(2,15)6-8-13/h3,9,15H,1,4-8,12H2,2H3. The number of likely N-dealkylation sites (tertiary alicyclic amines) is 1. The van der Waals surface area contributed by atoms with Crippen LogP contribution in [0.4, 0.5) is 0 Å². The zero-order chi connectivity index (χ0) is 11.5. The van der Waals surface area contributed by atoms with E-state index in [2.05, 4.69) is 6.58 Å². The first-order chi connectivity index (χ1) is 6.96. The molecule has 1 saturated heterocycles. The van der Waals surface area contributed by atoms with Gasteiger partial charge in [0.25, 0.3) is 0 Å². The summed E-state index contributed by atoms with van der Waals surface area (Å²) in [5.41, 5.74) is 5.08. The van der Waals surface area contributed by atoms with Gasteiger partial charge in [-0.15, -0.1) is 6.58 Å². The lowest BCUT2D eigenvalue weighted by molar-refractivity contribution is -0.136. The Kier molecular flexibility index (Phi) is 3.88. The highest BCUT2D eigenvalue weighted by Crippen LogP contribution is 2.21. The van der Waals surface area contributed by atoms with Gasteiger partial charge in [0, 0.05) is 13.1 Å². The lowest BCUT2D eigenvalue weighted by atomic mass is 9.93. The van der Waals surface area contributed by atoms with Crippen molar-refractivity contribution in [1.82, 2.24) is 4.90 Å². The van der Waals surface area contributed by atoms with Crippen molar-refractivity contribution in [2.24, 2.45) is 5.73 Å². The molecule has 1 atom stereocenters. The molecule has 15 heavy (non-hydrogen) atoms. The fraction of sp³-hybridized carbons (Fsp3) is 0.727. The topological polar surface area (TPSA) is 66.6 Å². The predicted octanol–water partition coefficient (Wildman–Crippen LogP) is 0.263. The molecule has 0 aromatic heterocycles. The molecule has 0 spiro atoms. The van der Waals surface area contributed by atoms with Crippen LogP contribution in [0.15, 0.2) is 12.7 Å². The van der Waals surface area contributed by atoms with Crippen LogP contribution >= 0.6 is 0 Å². The van der Waals surface area contributed by atoms with Crippen molar-refractivity contribution in [3.8, 4) is 0 Å². The summed E-state index contributed by atoms with van der Waals surface area (Å²) in [7, 11) is 0. The Morgan fingerprint density at radius 3 is 2.67 bits per heavy atom. The van der Waals surface area contributed by atoms with Gasteiger partial charge in [0.05, 0.1) is 11.6 Å². The zero-order valence-electron chi connectivity index (χ0n) is 9.28. The number of aliphatic hydroxyl groups is 1. The van der Waals surface area contributed by atoms with Crippen molar-refractivity contribution in [3.63, 3.8) is 0 Å². The molecule has 1 rings (SSSR count). The molecule has 1 fully saturated rings. The van der Waals surface area contributed by atoms with Crippen molar-refractivity contribution >= 4 is 5.91 Å². The maximum Gasteiger partial charge on any atom is 0.239 e. The third kappa shape index (κ3) is 3.32. The maximum atomic E-state index is 11.8. The second-order valence-corrected chi connectivity index (χ2v) is 4.45. The van der Waals surface area contributed by atoms with Gasteiger partial charge in [-0.3, -0.25) is 4.79 Å². The second-order valence-electron chi connectivity index (χ2n) is 4.45. The molecule has 1 unspecified atom stereocenters. The van der Waals surface area contributed by atoms with Crippen molar-refractivity contribution in [2.75, 3.05) is 13.1 Å². The lowest BCUT2D eigenvalue weighted by Crippen LogP contribution is -2.50. The SMILES string of the molecule is C=CCC(N)C(=O)N1CCC(C)(O)CC1. The minimum absolute atomic E-state index is 0.0367. The Morgan fingerprint density at radius 2 is 2.20 bits per heavy atom. The molecule has 0 bridgehead atoms. The van der Waals surface area contributed by atoms with Crippen LogP contribution < -0.4 is 5.73 Å². The van der Waals surface area contributed by atoms with Gasteiger partial charge in [0.15, 0.2) is 0 Å². The van der Waals surface area contributed by atoms with E-state index in [1.54, 1.807) is 17.9 Å². The minimum atomic E-state index is -0.626. The van der Waals surface area contributed by atoms with Gasteiger partial charge in [0.1, 0.15) is 0 Å². The molecule has 0 radical (unpaired) electrons. The molecule has 0 aromatic rings. The number of piperidine rings is 1. The van der Waals surface area contributed by atoms with Crippen LogP contribution in [-0.4, -0.2) is 40.6 Å². The van der Waals surface area contributed by atoms with E-state index < -0.39 is 11.6 Å². The molecular formula is C11H20N2O2. The van der Waals surface area contributed by atoms with Crippen LogP contribution in [-0.2, 0) is 4.79 Å². The van der Waals surface area contributed by atoms with Gasteiger partial charge in [-0.1, -0.05) is 6.08 Å². The Labute approximate surface area is 90.7 Å². The highest BCUT2D eigenvalue weighted by Gasteiger charge is 2.30. The minimum Gasteiger partial charge on any atom is -0.390 e. The van der Waals surface area contributed by atoms with Crippen LogP contribution in [0.2, 0.25) is 0 Å². The molecule has 1 aliphatic rings. The summed E-state index contributed by atoms with van der Waals surface area (Å²) >= 11 is 0. The van der Waals surface area contributed by atoms with Gasteiger partial charge < -0.3 is 15.7 Å². The number of carbonyl (C=O) groups is 1. The van der Waals surface area contributed by atoms with Crippen molar-refractivity contribution in [2.45, 2.75) is 37.8 Å². The number of nitrogens with zero attached hydrogens (tertiary/aromatic N) is 1. The molecule has 1 heterocycles. The van der Waals surface area contributed by atoms with Crippen LogP contribution in [0.25, 0.3) is 0 Å².